The molecule has 1 aromatic heterocycles. The van der Waals surface area contributed by atoms with Crippen LogP contribution >= 0.6 is 0 Å². The Morgan fingerprint density at radius 3 is 2.83 bits per heavy atom. The first-order valence-electron chi connectivity index (χ1n) is 6.13. The molecule has 1 unspecified atom stereocenters. The number of furan rings is 1. The van der Waals surface area contributed by atoms with Crippen molar-refractivity contribution in [2.75, 3.05) is 11.4 Å². The number of nitriles is 2. The maximum Gasteiger partial charge on any atom is 0.196 e. The molecule has 0 aliphatic carbocycles. The highest BCUT2D eigenvalue weighted by Gasteiger charge is 2.20. The van der Waals surface area contributed by atoms with Crippen LogP contribution in [0.15, 0.2) is 22.1 Å². The number of hydrogen-bond acceptors (Lipinski definition) is 4. The lowest BCUT2D eigenvalue weighted by Crippen LogP contribution is -2.37. The van der Waals surface area contributed by atoms with Crippen LogP contribution in [0.4, 0.5) is 5.88 Å². The van der Waals surface area contributed by atoms with Crippen LogP contribution in [-0.2, 0) is 0 Å². The monoisotopic (exact) mass is 241 g/mol. The highest BCUT2D eigenvalue weighted by molar-refractivity contribution is 5.60. The van der Waals surface area contributed by atoms with Gasteiger partial charge in [0.05, 0.1) is 0 Å². The molecule has 18 heavy (non-hydrogen) atoms. The first-order valence-corrected chi connectivity index (χ1v) is 6.13. The van der Waals surface area contributed by atoms with Gasteiger partial charge in [-0.05, 0) is 32.3 Å². The summed E-state index contributed by atoms with van der Waals surface area (Å²) in [4.78, 5) is 2.24. The fourth-order valence-corrected chi connectivity index (χ4v) is 2.23. The van der Waals surface area contributed by atoms with Gasteiger partial charge in [0.15, 0.2) is 5.88 Å². The summed E-state index contributed by atoms with van der Waals surface area (Å²) in [5.41, 5.74) is 0.0580. The highest BCUT2D eigenvalue weighted by Crippen LogP contribution is 2.27. The van der Waals surface area contributed by atoms with E-state index in [0.717, 1.165) is 12.4 Å². The minimum absolute atomic E-state index is 0.0580. The van der Waals surface area contributed by atoms with Crippen molar-refractivity contribution in [3.8, 4) is 12.1 Å². The number of hydrogen-bond donors (Lipinski definition) is 0. The van der Waals surface area contributed by atoms with Crippen molar-refractivity contribution in [3.05, 3.63) is 23.5 Å². The largest absolute Gasteiger partial charge is 0.441 e. The Bertz CT molecular complexity index is 514. The summed E-state index contributed by atoms with van der Waals surface area (Å²) < 4.78 is 5.68. The van der Waals surface area contributed by atoms with E-state index in [0.29, 0.717) is 11.8 Å². The Morgan fingerprint density at radius 1 is 1.39 bits per heavy atom. The van der Waals surface area contributed by atoms with E-state index in [1.165, 1.54) is 25.3 Å². The number of nitrogens with zero attached hydrogens (tertiary/aromatic N) is 3. The minimum Gasteiger partial charge on any atom is -0.441 e. The summed E-state index contributed by atoms with van der Waals surface area (Å²) in [5, 5.41) is 17.4. The third-order valence-electron chi connectivity index (χ3n) is 3.23. The average molecular weight is 241 g/mol. The molecule has 1 aliphatic rings. The van der Waals surface area contributed by atoms with Crippen molar-refractivity contribution < 1.29 is 4.42 Å². The van der Waals surface area contributed by atoms with Crippen LogP contribution in [-0.4, -0.2) is 12.6 Å². The minimum atomic E-state index is 0.0580. The van der Waals surface area contributed by atoms with Gasteiger partial charge in [-0.15, -0.1) is 0 Å². The summed E-state index contributed by atoms with van der Waals surface area (Å²) >= 11 is 0. The van der Waals surface area contributed by atoms with Gasteiger partial charge in [0.1, 0.15) is 23.5 Å². The third kappa shape index (κ3) is 2.55. The molecule has 0 aromatic carbocycles. The van der Waals surface area contributed by atoms with Crippen LogP contribution in [0, 0.1) is 22.7 Å². The molecule has 1 aliphatic heterocycles. The average Bonchev–Trinajstić information content (AvgIpc) is 2.85. The van der Waals surface area contributed by atoms with Crippen molar-refractivity contribution in [1.29, 1.82) is 10.5 Å². The second kappa shape index (κ2) is 5.42. The topological polar surface area (TPSA) is 64.0 Å². The van der Waals surface area contributed by atoms with E-state index in [1.54, 1.807) is 6.07 Å². The molecule has 2 heterocycles. The number of rotatable bonds is 2. The molecular formula is C14H15N3O. The Kier molecular flexibility index (Phi) is 3.69. The van der Waals surface area contributed by atoms with E-state index in [1.807, 2.05) is 18.2 Å². The zero-order valence-corrected chi connectivity index (χ0v) is 10.4. The van der Waals surface area contributed by atoms with E-state index < -0.39 is 0 Å². The molecule has 4 nitrogen and oxygen atoms in total. The van der Waals surface area contributed by atoms with Gasteiger partial charge in [0.25, 0.3) is 0 Å². The Labute approximate surface area is 107 Å². The normalized spacial score (nSPS) is 18.8. The van der Waals surface area contributed by atoms with Crippen LogP contribution in [0.25, 0.3) is 6.08 Å². The summed E-state index contributed by atoms with van der Waals surface area (Å²) in [6.45, 7) is 3.19. The molecule has 0 saturated carbocycles. The second-order valence-electron chi connectivity index (χ2n) is 4.50. The van der Waals surface area contributed by atoms with Gasteiger partial charge < -0.3 is 9.32 Å². The zero-order chi connectivity index (χ0) is 13.0. The number of anilines is 1. The first-order chi connectivity index (χ1) is 8.74. The summed E-state index contributed by atoms with van der Waals surface area (Å²) in [6.07, 6.45) is 5.08. The lowest BCUT2D eigenvalue weighted by molar-refractivity contribution is 0.439. The lowest BCUT2D eigenvalue weighted by Gasteiger charge is -2.33. The van der Waals surface area contributed by atoms with Crippen LogP contribution in [0.3, 0.4) is 0 Å². The van der Waals surface area contributed by atoms with E-state index in [9.17, 15) is 0 Å². The fourth-order valence-electron chi connectivity index (χ4n) is 2.23. The maximum absolute atomic E-state index is 8.69. The Balaban J connectivity index is 2.18. The fraction of sp³-hybridized carbons (Fsp3) is 0.429. The van der Waals surface area contributed by atoms with Crippen molar-refractivity contribution in [1.82, 2.24) is 0 Å². The molecule has 0 amide bonds. The van der Waals surface area contributed by atoms with Crippen molar-refractivity contribution in [3.63, 3.8) is 0 Å². The number of piperidine rings is 1. The highest BCUT2D eigenvalue weighted by atomic mass is 16.4. The third-order valence-corrected chi connectivity index (χ3v) is 3.23. The predicted octanol–water partition coefficient (Wildman–Crippen LogP) is 3.09. The smallest absolute Gasteiger partial charge is 0.196 e. The summed E-state index contributed by atoms with van der Waals surface area (Å²) in [6, 6.07) is 7.83. The maximum atomic E-state index is 8.69. The van der Waals surface area contributed by atoms with Gasteiger partial charge in [-0.3, -0.25) is 0 Å². The van der Waals surface area contributed by atoms with E-state index >= 15 is 0 Å². The van der Waals surface area contributed by atoms with Gasteiger partial charge in [-0.1, -0.05) is 0 Å². The predicted molar refractivity (Wildman–Crippen MR) is 68.6 cm³/mol. The molecule has 1 saturated heterocycles. The molecule has 92 valence electrons. The van der Waals surface area contributed by atoms with Crippen molar-refractivity contribution in [2.45, 2.75) is 32.2 Å². The van der Waals surface area contributed by atoms with Gasteiger partial charge in [0.2, 0.25) is 0 Å². The molecule has 1 fully saturated rings. The molecular weight excluding hydrogens is 226 g/mol. The van der Waals surface area contributed by atoms with Crippen LogP contribution < -0.4 is 4.90 Å². The van der Waals surface area contributed by atoms with Crippen molar-refractivity contribution in [2.24, 2.45) is 0 Å². The molecule has 4 heteroatoms. The van der Waals surface area contributed by atoms with Gasteiger partial charge in [-0.2, -0.15) is 10.5 Å². The standard InChI is InChI=1S/C14H15N3O/c1-11-4-2-3-7-17(11)14-6-5-13(18-14)8-12(9-15)10-16/h5-6,8,11H,2-4,7H2,1H3. The summed E-state index contributed by atoms with van der Waals surface area (Å²) in [5.74, 6) is 1.38. The first kappa shape index (κ1) is 12.3. The van der Waals surface area contributed by atoms with E-state index in [4.69, 9.17) is 14.9 Å². The van der Waals surface area contributed by atoms with Crippen LogP contribution in [0.2, 0.25) is 0 Å². The Morgan fingerprint density at radius 2 is 2.17 bits per heavy atom. The molecule has 0 radical (unpaired) electrons. The van der Waals surface area contributed by atoms with Crippen LogP contribution in [0.5, 0.6) is 0 Å². The lowest BCUT2D eigenvalue weighted by atomic mass is 10.0. The molecule has 0 N–H and O–H groups in total. The van der Waals surface area contributed by atoms with Gasteiger partial charge >= 0.3 is 0 Å². The van der Waals surface area contributed by atoms with E-state index in [2.05, 4.69) is 11.8 Å². The van der Waals surface area contributed by atoms with Crippen LogP contribution in [0.1, 0.15) is 31.9 Å². The number of allylic oxidation sites excluding steroid dienone is 1. The quantitative estimate of drug-likeness (QED) is 0.746. The zero-order valence-electron chi connectivity index (χ0n) is 10.4. The van der Waals surface area contributed by atoms with E-state index in [-0.39, 0.29) is 5.57 Å². The second-order valence-corrected chi connectivity index (χ2v) is 4.50. The summed E-state index contributed by atoms with van der Waals surface area (Å²) in [7, 11) is 0. The van der Waals surface area contributed by atoms with Crippen molar-refractivity contribution >= 4 is 12.0 Å². The molecule has 0 bridgehead atoms. The van der Waals surface area contributed by atoms with Gasteiger partial charge in [-0.25, -0.2) is 0 Å². The molecule has 1 aromatic rings. The molecule has 2 rings (SSSR count). The van der Waals surface area contributed by atoms with Gasteiger partial charge in [0, 0.05) is 24.7 Å². The molecule has 0 spiro atoms. The molecule has 1 atom stereocenters. The Hall–Kier alpha value is -2.20. The SMILES string of the molecule is CC1CCCCN1c1ccc(C=C(C#N)C#N)o1.